The van der Waals surface area contributed by atoms with Gasteiger partial charge >= 0.3 is 0 Å². The molecule has 1 N–H and O–H groups in total. The van der Waals surface area contributed by atoms with Crippen LogP contribution < -0.4 is 5.56 Å². The Labute approximate surface area is 175 Å². The zero-order valence-corrected chi connectivity index (χ0v) is 18.5. The van der Waals surface area contributed by atoms with Crippen LogP contribution in [0.15, 0.2) is 62.3 Å². The summed E-state index contributed by atoms with van der Waals surface area (Å²) >= 11 is 7.03. The minimum atomic E-state index is -0.306. The van der Waals surface area contributed by atoms with E-state index in [0.717, 1.165) is 26.1 Å². The van der Waals surface area contributed by atoms with Gasteiger partial charge in [0, 0.05) is 14.5 Å². The van der Waals surface area contributed by atoms with E-state index in [4.69, 9.17) is 0 Å². The summed E-state index contributed by atoms with van der Waals surface area (Å²) in [6.45, 7) is 6.86. The van der Waals surface area contributed by atoms with Gasteiger partial charge in [-0.1, -0.05) is 51.1 Å². The second-order valence-corrected chi connectivity index (χ2v) is 9.11. The number of nitrogens with zero attached hydrogens (tertiary/aromatic N) is 2. The first-order valence-corrected chi connectivity index (χ1v) is 10.1. The summed E-state index contributed by atoms with van der Waals surface area (Å²) in [5.74, 6) is 0.108. The molecule has 140 valence electrons. The van der Waals surface area contributed by atoms with Crippen LogP contribution in [0.25, 0.3) is 11.4 Å². The van der Waals surface area contributed by atoms with Gasteiger partial charge in [0.05, 0.1) is 12.6 Å². The smallest absolute Gasteiger partial charge is 0.257 e. The van der Waals surface area contributed by atoms with Crippen molar-refractivity contribution in [2.75, 3.05) is 0 Å². The Morgan fingerprint density at radius 1 is 1.04 bits per heavy atom. The minimum Gasteiger partial charge on any atom is -0.493 e. The molecule has 0 saturated heterocycles. The number of hydrogen-bond donors (Lipinski definition) is 1. The Morgan fingerprint density at radius 2 is 1.63 bits per heavy atom. The Hall–Kier alpha value is -1.92. The lowest BCUT2D eigenvalue weighted by atomic mass is 9.87. The second-order valence-electron chi connectivity index (χ2n) is 7.41. The van der Waals surface area contributed by atoms with Crippen LogP contribution in [0.4, 0.5) is 0 Å². The lowest BCUT2D eigenvalue weighted by molar-refractivity contribution is 0.448. The van der Waals surface area contributed by atoms with Gasteiger partial charge < -0.3 is 5.11 Å². The predicted molar refractivity (Wildman–Crippen MR) is 115 cm³/mol. The Bertz CT molecular complexity index is 1020. The summed E-state index contributed by atoms with van der Waals surface area (Å²) in [5, 5.41) is 9.90. The molecule has 3 aromatic rings. The molecule has 0 amide bonds. The number of benzene rings is 2. The molecule has 0 radical (unpaired) electrons. The van der Waals surface area contributed by atoms with E-state index < -0.39 is 0 Å². The average molecular weight is 492 g/mol. The third-order valence-electron chi connectivity index (χ3n) is 4.34. The van der Waals surface area contributed by atoms with Crippen LogP contribution in [0, 0.1) is 0 Å². The first-order chi connectivity index (χ1) is 12.7. The van der Waals surface area contributed by atoms with Crippen LogP contribution in [0.5, 0.6) is 5.88 Å². The van der Waals surface area contributed by atoms with Gasteiger partial charge in [-0.3, -0.25) is 9.36 Å². The quantitative estimate of drug-likeness (QED) is 0.527. The Balaban J connectivity index is 2.10. The molecule has 2 aromatic carbocycles. The van der Waals surface area contributed by atoms with Gasteiger partial charge in [-0.05, 0) is 60.5 Å². The molecule has 0 bridgehead atoms. The van der Waals surface area contributed by atoms with Crippen molar-refractivity contribution < 1.29 is 5.11 Å². The second kappa shape index (κ2) is 7.60. The molecule has 0 saturated carbocycles. The molecule has 3 rings (SSSR count). The molecule has 1 heterocycles. The van der Waals surface area contributed by atoms with E-state index in [0.29, 0.717) is 12.4 Å². The van der Waals surface area contributed by atoms with Crippen LogP contribution in [-0.2, 0) is 12.0 Å². The van der Waals surface area contributed by atoms with Crippen molar-refractivity contribution in [3.05, 3.63) is 79.0 Å². The molecule has 0 atom stereocenters. The summed E-state index contributed by atoms with van der Waals surface area (Å²) in [5.41, 5.74) is 2.70. The number of halogens is 2. The highest BCUT2D eigenvalue weighted by Crippen LogP contribution is 2.34. The van der Waals surface area contributed by atoms with Crippen LogP contribution in [-0.4, -0.2) is 14.7 Å². The van der Waals surface area contributed by atoms with Crippen LogP contribution in [0.1, 0.15) is 31.9 Å². The third kappa shape index (κ3) is 4.33. The Kier molecular flexibility index (Phi) is 5.58. The van der Waals surface area contributed by atoms with Crippen molar-refractivity contribution in [1.82, 2.24) is 9.55 Å². The summed E-state index contributed by atoms with van der Waals surface area (Å²) in [7, 11) is 0. The summed E-state index contributed by atoms with van der Waals surface area (Å²) in [4.78, 5) is 16.9. The van der Waals surface area contributed by atoms with Gasteiger partial charge in [0.25, 0.3) is 5.56 Å². The van der Waals surface area contributed by atoms with Crippen molar-refractivity contribution in [3.63, 3.8) is 0 Å². The zero-order valence-electron chi connectivity index (χ0n) is 15.3. The van der Waals surface area contributed by atoms with E-state index in [2.05, 4.69) is 69.7 Å². The number of aromatic hydroxyl groups is 1. The van der Waals surface area contributed by atoms with Crippen molar-refractivity contribution in [2.24, 2.45) is 0 Å². The van der Waals surface area contributed by atoms with Gasteiger partial charge in [-0.15, -0.1) is 0 Å². The van der Waals surface area contributed by atoms with E-state index in [-0.39, 0.29) is 16.9 Å². The lowest BCUT2D eigenvalue weighted by Gasteiger charge is -2.19. The van der Waals surface area contributed by atoms with Crippen molar-refractivity contribution in [3.8, 4) is 17.3 Å². The van der Waals surface area contributed by atoms with E-state index in [1.165, 1.54) is 5.56 Å². The summed E-state index contributed by atoms with van der Waals surface area (Å²) in [6, 6.07) is 15.0. The average Bonchev–Trinajstić information content (AvgIpc) is 2.57. The predicted octanol–water partition coefficient (Wildman–Crippen LogP) is 5.49. The van der Waals surface area contributed by atoms with E-state index in [9.17, 15) is 9.90 Å². The highest BCUT2D eigenvalue weighted by atomic mass is 79.9. The fourth-order valence-electron chi connectivity index (χ4n) is 2.84. The van der Waals surface area contributed by atoms with Crippen molar-refractivity contribution >= 4 is 31.9 Å². The zero-order chi connectivity index (χ0) is 19.8. The maximum Gasteiger partial charge on any atom is 0.257 e. The summed E-state index contributed by atoms with van der Waals surface area (Å²) < 4.78 is 3.13. The minimum absolute atomic E-state index is 0.0698. The highest BCUT2D eigenvalue weighted by molar-refractivity contribution is 9.11. The highest BCUT2D eigenvalue weighted by Gasteiger charge is 2.17. The van der Waals surface area contributed by atoms with E-state index in [1.54, 1.807) is 4.57 Å². The fourth-order valence-corrected chi connectivity index (χ4v) is 4.19. The molecule has 0 aliphatic rings. The number of hydrogen-bond acceptors (Lipinski definition) is 3. The number of aromatic nitrogens is 2. The molecule has 0 spiro atoms. The molecule has 0 fully saturated rings. The molecular formula is C21H20Br2N2O2. The standard InChI is InChI=1S/C21H20Br2N2O2/c1-21(2,3)14-9-7-13(8-10-14)12-25-18(27)11-17(26)24-20(25)19-15(22)5-4-6-16(19)23/h4-11,26H,12H2,1-3H3. The summed E-state index contributed by atoms with van der Waals surface area (Å²) in [6.07, 6.45) is 0. The van der Waals surface area contributed by atoms with Gasteiger partial charge in [0.15, 0.2) is 0 Å². The molecule has 6 heteroatoms. The maximum atomic E-state index is 12.6. The monoisotopic (exact) mass is 490 g/mol. The van der Waals surface area contributed by atoms with E-state index >= 15 is 0 Å². The molecule has 4 nitrogen and oxygen atoms in total. The Morgan fingerprint density at radius 3 is 2.19 bits per heavy atom. The maximum absolute atomic E-state index is 12.6. The normalized spacial score (nSPS) is 11.6. The molecule has 27 heavy (non-hydrogen) atoms. The van der Waals surface area contributed by atoms with E-state index in [1.807, 2.05) is 30.3 Å². The van der Waals surface area contributed by atoms with Crippen molar-refractivity contribution in [2.45, 2.75) is 32.7 Å². The number of rotatable bonds is 3. The molecule has 1 aromatic heterocycles. The largest absolute Gasteiger partial charge is 0.493 e. The van der Waals surface area contributed by atoms with Crippen LogP contribution in [0.2, 0.25) is 0 Å². The topological polar surface area (TPSA) is 55.1 Å². The van der Waals surface area contributed by atoms with Crippen LogP contribution >= 0.6 is 31.9 Å². The van der Waals surface area contributed by atoms with Gasteiger partial charge in [-0.2, -0.15) is 4.98 Å². The molecular weight excluding hydrogens is 472 g/mol. The lowest BCUT2D eigenvalue weighted by Crippen LogP contribution is -2.23. The van der Waals surface area contributed by atoms with Gasteiger partial charge in [0.1, 0.15) is 5.82 Å². The van der Waals surface area contributed by atoms with Gasteiger partial charge in [0.2, 0.25) is 5.88 Å². The molecule has 0 aliphatic carbocycles. The first kappa shape index (κ1) is 19.8. The SMILES string of the molecule is CC(C)(C)c1ccc(Cn2c(-c3c(Br)cccc3Br)nc(O)cc2=O)cc1. The van der Waals surface area contributed by atoms with Crippen molar-refractivity contribution in [1.29, 1.82) is 0 Å². The fraction of sp³-hybridized carbons (Fsp3) is 0.238. The van der Waals surface area contributed by atoms with Crippen LogP contribution in [0.3, 0.4) is 0 Å². The first-order valence-electron chi connectivity index (χ1n) is 8.51. The third-order valence-corrected chi connectivity index (χ3v) is 5.66. The van der Waals surface area contributed by atoms with Gasteiger partial charge in [-0.25, -0.2) is 0 Å². The molecule has 0 unspecified atom stereocenters. The molecule has 0 aliphatic heterocycles.